The van der Waals surface area contributed by atoms with E-state index in [0.717, 1.165) is 4.57 Å². The summed E-state index contributed by atoms with van der Waals surface area (Å²) in [7, 11) is 0. The second-order valence-electron chi connectivity index (χ2n) is 3.36. The maximum atomic E-state index is 12.2. The van der Waals surface area contributed by atoms with E-state index in [1.54, 1.807) is 13.0 Å². The molecule has 0 saturated carbocycles. The van der Waals surface area contributed by atoms with Crippen molar-refractivity contribution in [3.8, 4) is 0 Å². The molecule has 0 aliphatic carbocycles. The van der Waals surface area contributed by atoms with Gasteiger partial charge in [-0.15, -0.1) is 12.1 Å². The van der Waals surface area contributed by atoms with E-state index in [0.29, 0.717) is 5.56 Å². The highest BCUT2D eigenvalue weighted by molar-refractivity contribution is 6.66. The third-order valence-corrected chi connectivity index (χ3v) is 2.05. The fourth-order valence-corrected chi connectivity index (χ4v) is 1.10. The van der Waals surface area contributed by atoms with Gasteiger partial charge in [0.15, 0.2) is 0 Å². The molecule has 2 nitrogen and oxygen atoms in total. The number of nitrogens with zero attached hydrogens (tertiary/aromatic N) is 1. The minimum atomic E-state index is -5.08. The van der Waals surface area contributed by atoms with Crippen molar-refractivity contribution in [2.75, 3.05) is 0 Å². The third-order valence-electron chi connectivity index (χ3n) is 2.05. The molecular formula is C9H10BF3NO-. The lowest BCUT2D eigenvalue weighted by molar-refractivity contribution is 0.481. The highest BCUT2D eigenvalue weighted by atomic mass is 19.4. The highest BCUT2D eigenvalue weighted by Gasteiger charge is 2.26. The van der Waals surface area contributed by atoms with Gasteiger partial charge in [-0.3, -0.25) is 4.79 Å². The lowest BCUT2D eigenvalue weighted by atomic mass is 9.80. The molecule has 0 aromatic carbocycles. The normalized spacial score (nSPS) is 11.5. The van der Waals surface area contributed by atoms with Crippen LogP contribution in [0.5, 0.6) is 0 Å². The number of allylic oxidation sites excluding steroid dienone is 1. The van der Waals surface area contributed by atoms with Gasteiger partial charge < -0.3 is 17.5 Å². The first kappa shape index (κ1) is 11.6. The number of halogens is 3. The molecule has 0 bridgehead atoms. The van der Waals surface area contributed by atoms with Crippen LogP contribution >= 0.6 is 0 Å². The van der Waals surface area contributed by atoms with Gasteiger partial charge in [-0.2, -0.15) is 0 Å². The van der Waals surface area contributed by atoms with Gasteiger partial charge in [0.05, 0.1) is 0 Å². The SMILES string of the molecule is C=C(Cn1cccc(C)c1=O)[B-](F)(F)F. The summed E-state index contributed by atoms with van der Waals surface area (Å²) in [6.45, 7) is -1.08. The zero-order valence-corrected chi connectivity index (χ0v) is 8.21. The van der Waals surface area contributed by atoms with Crippen LogP contribution in [0.25, 0.3) is 0 Å². The zero-order chi connectivity index (χ0) is 11.6. The summed E-state index contributed by atoms with van der Waals surface area (Å²) in [5, 5.41) is 0. The summed E-state index contributed by atoms with van der Waals surface area (Å²) in [5.74, 6) is 0. The van der Waals surface area contributed by atoms with Crippen molar-refractivity contribution in [1.82, 2.24) is 4.57 Å². The van der Waals surface area contributed by atoms with Crippen molar-refractivity contribution in [1.29, 1.82) is 0 Å². The van der Waals surface area contributed by atoms with Crippen molar-refractivity contribution in [2.45, 2.75) is 13.5 Å². The lowest BCUT2D eigenvalue weighted by Gasteiger charge is -2.18. The van der Waals surface area contributed by atoms with E-state index in [-0.39, 0.29) is 0 Å². The van der Waals surface area contributed by atoms with E-state index >= 15 is 0 Å². The van der Waals surface area contributed by atoms with E-state index in [1.807, 2.05) is 0 Å². The minimum absolute atomic E-state index is 0.417. The Morgan fingerprint density at radius 2 is 2.13 bits per heavy atom. The first-order valence-electron chi connectivity index (χ1n) is 4.36. The topological polar surface area (TPSA) is 22.0 Å². The fraction of sp³-hybridized carbons (Fsp3) is 0.222. The van der Waals surface area contributed by atoms with Crippen molar-refractivity contribution >= 4 is 6.98 Å². The molecule has 0 fully saturated rings. The highest BCUT2D eigenvalue weighted by Crippen LogP contribution is 2.18. The van der Waals surface area contributed by atoms with Gasteiger partial charge in [-0.05, 0) is 13.0 Å². The van der Waals surface area contributed by atoms with Crippen LogP contribution in [-0.2, 0) is 6.54 Å². The quantitative estimate of drug-likeness (QED) is 0.709. The molecule has 1 rings (SSSR count). The van der Waals surface area contributed by atoms with Crippen LogP contribution in [0.1, 0.15) is 5.56 Å². The molecule has 0 amide bonds. The van der Waals surface area contributed by atoms with Crippen LogP contribution in [0, 0.1) is 6.92 Å². The van der Waals surface area contributed by atoms with Crippen LogP contribution in [0.2, 0.25) is 0 Å². The Kier molecular flexibility index (Phi) is 3.07. The zero-order valence-electron chi connectivity index (χ0n) is 8.21. The molecule has 0 N–H and O–H groups in total. The molecule has 0 aliphatic heterocycles. The monoisotopic (exact) mass is 216 g/mol. The predicted octanol–water partition coefficient (Wildman–Crippen LogP) is 2.10. The molecule has 1 aromatic heterocycles. The van der Waals surface area contributed by atoms with Gasteiger partial charge in [0, 0.05) is 18.3 Å². The Labute approximate surface area is 85.1 Å². The molecule has 0 aliphatic rings. The van der Waals surface area contributed by atoms with E-state index in [1.165, 1.54) is 12.3 Å². The predicted molar refractivity (Wildman–Crippen MR) is 53.7 cm³/mol. The van der Waals surface area contributed by atoms with E-state index < -0.39 is 24.6 Å². The lowest BCUT2D eigenvalue weighted by Crippen LogP contribution is -2.28. The molecule has 0 unspecified atom stereocenters. The molecule has 1 heterocycles. The molecule has 82 valence electrons. The van der Waals surface area contributed by atoms with Crippen molar-refractivity contribution in [3.63, 3.8) is 0 Å². The maximum absolute atomic E-state index is 12.2. The van der Waals surface area contributed by atoms with Gasteiger partial charge in [-0.25, -0.2) is 0 Å². The summed E-state index contributed by atoms with van der Waals surface area (Å²) in [6.07, 6.45) is 1.32. The van der Waals surface area contributed by atoms with Gasteiger partial charge in [0.1, 0.15) is 0 Å². The summed E-state index contributed by atoms with van der Waals surface area (Å²) >= 11 is 0. The Morgan fingerprint density at radius 3 is 2.67 bits per heavy atom. The Bertz CT molecular complexity index is 436. The number of aryl methyl sites for hydroxylation is 1. The Morgan fingerprint density at radius 1 is 1.53 bits per heavy atom. The number of hydrogen-bond donors (Lipinski definition) is 0. The largest absolute Gasteiger partial charge is 0.506 e. The van der Waals surface area contributed by atoms with Crippen molar-refractivity contribution in [2.24, 2.45) is 0 Å². The van der Waals surface area contributed by atoms with Crippen LogP contribution in [-0.4, -0.2) is 11.5 Å². The average molecular weight is 216 g/mol. The molecule has 15 heavy (non-hydrogen) atoms. The average Bonchev–Trinajstić information content (AvgIpc) is 2.11. The van der Waals surface area contributed by atoms with Gasteiger partial charge >= 0.3 is 6.98 Å². The van der Waals surface area contributed by atoms with Crippen LogP contribution in [0.15, 0.2) is 35.2 Å². The van der Waals surface area contributed by atoms with Crippen molar-refractivity contribution in [3.05, 3.63) is 46.3 Å². The Balaban J connectivity index is 2.97. The summed E-state index contributed by atoms with van der Waals surface area (Å²) in [6, 6.07) is 3.09. The Hall–Kier alpha value is -1.46. The van der Waals surface area contributed by atoms with E-state index in [4.69, 9.17) is 0 Å². The minimum Gasteiger partial charge on any atom is -0.445 e. The first-order valence-corrected chi connectivity index (χ1v) is 4.36. The van der Waals surface area contributed by atoms with Gasteiger partial charge in [-0.1, -0.05) is 6.07 Å². The summed E-state index contributed by atoms with van der Waals surface area (Å²) in [4.78, 5) is 11.4. The first-order chi connectivity index (χ1) is 6.82. The third kappa shape index (κ3) is 2.74. The standard InChI is InChI=1S/C9H10BF3NO/c1-7-4-3-5-14(9(7)15)6-8(2)10(11,12)13/h3-5H,2,6H2,1H3/q-1. The van der Waals surface area contributed by atoms with Gasteiger partial charge in [0.2, 0.25) is 0 Å². The van der Waals surface area contributed by atoms with E-state index in [9.17, 15) is 17.7 Å². The number of hydrogen-bond acceptors (Lipinski definition) is 1. The van der Waals surface area contributed by atoms with Gasteiger partial charge in [0.25, 0.3) is 5.56 Å². The molecule has 6 heteroatoms. The number of pyridine rings is 1. The summed E-state index contributed by atoms with van der Waals surface area (Å²) in [5.41, 5.74) is -0.874. The second kappa shape index (κ2) is 3.96. The summed E-state index contributed by atoms with van der Waals surface area (Å²) < 4.78 is 37.7. The van der Waals surface area contributed by atoms with Crippen LogP contribution in [0.3, 0.4) is 0 Å². The molecule has 0 radical (unpaired) electrons. The van der Waals surface area contributed by atoms with Crippen LogP contribution < -0.4 is 5.56 Å². The molecule has 0 atom stereocenters. The van der Waals surface area contributed by atoms with Crippen molar-refractivity contribution < 1.29 is 12.9 Å². The van der Waals surface area contributed by atoms with Crippen LogP contribution in [0.4, 0.5) is 12.9 Å². The number of rotatable bonds is 3. The second-order valence-corrected chi connectivity index (χ2v) is 3.36. The maximum Gasteiger partial charge on any atom is 0.506 e. The molecular weight excluding hydrogens is 206 g/mol. The molecule has 0 saturated heterocycles. The molecule has 1 aromatic rings. The fourth-order valence-electron chi connectivity index (χ4n) is 1.10. The smallest absolute Gasteiger partial charge is 0.445 e. The van der Waals surface area contributed by atoms with E-state index in [2.05, 4.69) is 6.58 Å². The molecule has 0 spiro atoms. The number of aromatic nitrogens is 1.